The van der Waals surface area contributed by atoms with Crippen molar-refractivity contribution in [3.63, 3.8) is 0 Å². The van der Waals surface area contributed by atoms with Crippen molar-refractivity contribution in [3.05, 3.63) is 66.1 Å². The van der Waals surface area contributed by atoms with E-state index in [0.717, 1.165) is 16.5 Å². The molecular formula is C22H24N6O2. The minimum Gasteiger partial charge on any atom is -0.351 e. The molecule has 2 atom stereocenters. The van der Waals surface area contributed by atoms with Gasteiger partial charge >= 0.3 is 0 Å². The number of hydrogen-bond acceptors (Lipinski definition) is 5. The zero-order chi connectivity index (χ0) is 20.5. The van der Waals surface area contributed by atoms with Gasteiger partial charge in [0.25, 0.3) is 5.91 Å². The summed E-state index contributed by atoms with van der Waals surface area (Å²) < 4.78 is 0. The van der Waals surface area contributed by atoms with E-state index in [0.29, 0.717) is 38.3 Å². The van der Waals surface area contributed by atoms with Crippen LogP contribution in [0.3, 0.4) is 0 Å². The number of hydrogen-bond donors (Lipinski definition) is 3. The zero-order valence-electron chi connectivity index (χ0n) is 16.5. The number of aromatic amines is 1. The van der Waals surface area contributed by atoms with E-state index in [1.807, 2.05) is 58.5 Å². The third-order valence-electron chi connectivity index (χ3n) is 5.93. The van der Waals surface area contributed by atoms with Crippen molar-refractivity contribution in [1.29, 1.82) is 0 Å². The van der Waals surface area contributed by atoms with Crippen LogP contribution in [0.1, 0.15) is 28.5 Å². The van der Waals surface area contributed by atoms with E-state index >= 15 is 0 Å². The van der Waals surface area contributed by atoms with Gasteiger partial charge in [-0.05, 0) is 30.2 Å². The van der Waals surface area contributed by atoms with E-state index in [1.54, 1.807) is 6.20 Å². The molecule has 2 fully saturated rings. The SMILES string of the molecule is O=C(c1cc2ccccc2[nH]1)N1CCN(C(=O)C2CC(c3cccnc3)NN2)CC1. The second-order valence-corrected chi connectivity index (χ2v) is 7.80. The van der Waals surface area contributed by atoms with E-state index in [9.17, 15) is 9.59 Å². The van der Waals surface area contributed by atoms with Crippen molar-refractivity contribution in [2.75, 3.05) is 26.2 Å². The molecule has 2 amide bonds. The average Bonchev–Trinajstić information content (AvgIpc) is 3.46. The summed E-state index contributed by atoms with van der Waals surface area (Å²) in [4.78, 5) is 36.8. The molecule has 1 aromatic carbocycles. The lowest BCUT2D eigenvalue weighted by Gasteiger charge is -2.35. The number of nitrogens with zero attached hydrogens (tertiary/aromatic N) is 3. The maximum absolute atomic E-state index is 12.9. The number of para-hydroxylation sites is 1. The number of aromatic nitrogens is 2. The molecule has 2 aliphatic heterocycles. The standard InChI is InChI=1S/C22H24N6O2/c29-21(19-12-15-4-1-2-6-17(15)24-19)27-8-10-28(11-9-27)22(30)20-13-18(25-26-20)16-5-3-7-23-14-16/h1-7,12,14,18,20,24-26H,8-11,13H2. The Morgan fingerprint density at radius 2 is 1.77 bits per heavy atom. The second kappa shape index (κ2) is 7.89. The van der Waals surface area contributed by atoms with Crippen molar-refractivity contribution in [3.8, 4) is 0 Å². The average molecular weight is 404 g/mol. The molecule has 3 N–H and O–H groups in total. The van der Waals surface area contributed by atoms with Gasteiger partial charge in [-0.15, -0.1) is 0 Å². The number of H-pyrrole nitrogens is 1. The van der Waals surface area contributed by atoms with E-state index in [4.69, 9.17) is 0 Å². The number of benzene rings is 1. The predicted octanol–water partition coefficient (Wildman–Crippen LogP) is 1.46. The highest BCUT2D eigenvalue weighted by Gasteiger charge is 2.34. The Morgan fingerprint density at radius 3 is 2.53 bits per heavy atom. The number of piperazine rings is 1. The zero-order valence-corrected chi connectivity index (χ0v) is 16.5. The van der Waals surface area contributed by atoms with Crippen LogP contribution in [0, 0.1) is 0 Å². The summed E-state index contributed by atoms with van der Waals surface area (Å²) in [7, 11) is 0. The largest absolute Gasteiger partial charge is 0.351 e. The molecule has 0 spiro atoms. The van der Waals surface area contributed by atoms with Gasteiger partial charge in [-0.2, -0.15) is 0 Å². The van der Waals surface area contributed by atoms with Crippen LogP contribution in [0.25, 0.3) is 10.9 Å². The van der Waals surface area contributed by atoms with Gasteiger partial charge in [0.15, 0.2) is 0 Å². The molecule has 30 heavy (non-hydrogen) atoms. The van der Waals surface area contributed by atoms with Gasteiger partial charge in [-0.3, -0.25) is 14.6 Å². The fourth-order valence-electron chi connectivity index (χ4n) is 4.23. The Labute approximate surface area is 174 Å². The number of pyridine rings is 1. The second-order valence-electron chi connectivity index (χ2n) is 7.80. The first-order valence-electron chi connectivity index (χ1n) is 10.3. The Kier molecular flexibility index (Phi) is 4.94. The fraction of sp³-hybridized carbons (Fsp3) is 0.318. The molecule has 0 saturated carbocycles. The van der Waals surface area contributed by atoms with Crippen LogP contribution in [-0.4, -0.2) is 63.8 Å². The maximum Gasteiger partial charge on any atom is 0.270 e. The highest BCUT2D eigenvalue weighted by Crippen LogP contribution is 2.23. The lowest BCUT2D eigenvalue weighted by molar-refractivity contribution is -0.134. The first-order valence-corrected chi connectivity index (χ1v) is 10.3. The van der Waals surface area contributed by atoms with Crippen molar-refractivity contribution in [2.24, 2.45) is 0 Å². The van der Waals surface area contributed by atoms with E-state index in [2.05, 4.69) is 20.8 Å². The third kappa shape index (κ3) is 3.55. The first kappa shape index (κ1) is 18.8. The molecule has 0 aliphatic carbocycles. The Bertz CT molecular complexity index is 1020. The summed E-state index contributed by atoms with van der Waals surface area (Å²) in [5, 5.41) is 1.03. The van der Waals surface area contributed by atoms with Crippen LogP contribution in [-0.2, 0) is 4.79 Å². The lowest BCUT2D eigenvalue weighted by Crippen LogP contribution is -2.54. The van der Waals surface area contributed by atoms with Crippen molar-refractivity contribution >= 4 is 22.7 Å². The van der Waals surface area contributed by atoms with Gasteiger partial charge in [0.1, 0.15) is 11.7 Å². The Hall–Kier alpha value is -3.23. The lowest BCUT2D eigenvalue weighted by atomic mass is 10.0. The molecule has 0 bridgehead atoms. The number of carbonyl (C=O) groups excluding carboxylic acids is 2. The van der Waals surface area contributed by atoms with Crippen LogP contribution >= 0.6 is 0 Å². The van der Waals surface area contributed by atoms with Gasteiger partial charge in [0, 0.05) is 55.5 Å². The van der Waals surface area contributed by atoms with E-state index in [-0.39, 0.29) is 23.9 Å². The molecule has 3 aromatic rings. The Balaban J connectivity index is 1.17. The van der Waals surface area contributed by atoms with Crippen LogP contribution in [0.15, 0.2) is 54.9 Å². The summed E-state index contributed by atoms with van der Waals surface area (Å²) in [6.07, 6.45) is 4.24. The highest BCUT2D eigenvalue weighted by molar-refractivity contribution is 5.98. The van der Waals surface area contributed by atoms with Gasteiger partial charge in [-0.1, -0.05) is 24.3 Å². The van der Waals surface area contributed by atoms with Crippen LogP contribution in [0.5, 0.6) is 0 Å². The van der Waals surface area contributed by atoms with Gasteiger partial charge in [-0.25, -0.2) is 10.9 Å². The quantitative estimate of drug-likeness (QED) is 0.615. The van der Waals surface area contributed by atoms with Crippen LogP contribution < -0.4 is 10.9 Å². The Morgan fingerprint density at radius 1 is 0.967 bits per heavy atom. The molecule has 4 heterocycles. The molecule has 8 nitrogen and oxygen atoms in total. The minimum absolute atomic E-state index is 0.0180. The molecule has 5 rings (SSSR count). The maximum atomic E-state index is 12.9. The monoisotopic (exact) mass is 404 g/mol. The van der Waals surface area contributed by atoms with Crippen molar-refractivity contribution < 1.29 is 9.59 Å². The molecular weight excluding hydrogens is 380 g/mol. The van der Waals surface area contributed by atoms with Crippen molar-refractivity contribution in [2.45, 2.75) is 18.5 Å². The molecule has 0 radical (unpaired) electrons. The van der Waals surface area contributed by atoms with Gasteiger partial charge < -0.3 is 14.8 Å². The summed E-state index contributed by atoms with van der Waals surface area (Å²) in [5.41, 5.74) is 8.93. The molecule has 8 heteroatoms. The predicted molar refractivity (Wildman–Crippen MR) is 112 cm³/mol. The van der Waals surface area contributed by atoms with Crippen LogP contribution in [0.2, 0.25) is 0 Å². The summed E-state index contributed by atoms with van der Waals surface area (Å²) in [6.45, 7) is 2.15. The molecule has 2 aliphatic rings. The first-order chi connectivity index (χ1) is 14.7. The molecule has 2 unspecified atom stereocenters. The van der Waals surface area contributed by atoms with Gasteiger partial charge in [0.2, 0.25) is 5.91 Å². The normalized spacial score (nSPS) is 21.9. The minimum atomic E-state index is -0.272. The highest BCUT2D eigenvalue weighted by atomic mass is 16.2. The summed E-state index contributed by atoms with van der Waals surface area (Å²) in [5.74, 6) is 0.0576. The number of amides is 2. The number of carbonyl (C=O) groups is 2. The van der Waals surface area contributed by atoms with E-state index in [1.165, 1.54) is 0 Å². The molecule has 2 aromatic heterocycles. The van der Waals surface area contributed by atoms with Crippen LogP contribution in [0.4, 0.5) is 0 Å². The fourth-order valence-corrected chi connectivity index (χ4v) is 4.23. The topological polar surface area (TPSA) is 93.4 Å². The molecule has 154 valence electrons. The number of fused-ring (bicyclic) bond motifs is 1. The van der Waals surface area contributed by atoms with Crippen molar-refractivity contribution in [1.82, 2.24) is 30.6 Å². The molecule has 2 saturated heterocycles. The number of rotatable bonds is 3. The summed E-state index contributed by atoms with van der Waals surface area (Å²) in [6, 6.07) is 13.4. The number of nitrogens with one attached hydrogen (secondary N) is 3. The van der Waals surface area contributed by atoms with E-state index < -0.39 is 0 Å². The smallest absolute Gasteiger partial charge is 0.270 e. The number of hydrazine groups is 1. The summed E-state index contributed by atoms with van der Waals surface area (Å²) >= 11 is 0. The third-order valence-corrected chi connectivity index (χ3v) is 5.93. The van der Waals surface area contributed by atoms with Gasteiger partial charge in [0.05, 0.1) is 0 Å².